The molecule has 16 heavy (non-hydrogen) atoms. The number of aromatic nitrogens is 4. The van der Waals surface area contributed by atoms with Gasteiger partial charge in [-0.3, -0.25) is 0 Å². The number of fused-ring (bicyclic) bond motifs is 1. The van der Waals surface area contributed by atoms with Gasteiger partial charge >= 0.3 is 0 Å². The van der Waals surface area contributed by atoms with Gasteiger partial charge in [0.15, 0.2) is 11.5 Å². The summed E-state index contributed by atoms with van der Waals surface area (Å²) >= 11 is 0. The van der Waals surface area contributed by atoms with Crippen molar-refractivity contribution in [2.24, 2.45) is 5.73 Å². The fourth-order valence-electron chi connectivity index (χ4n) is 1.35. The van der Waals surface area contributed by atoms with Gasteiger partial charge in [-0.25, -0.2) is 0 Å². The van der Waals surface area contributed by atoms with Gasteiger partial charge in [-0.1, -0.05) is 0 Å². The van der Waals surface area contributed by atoms with Gasteiger partial charge in [0.25, 0.3) is 0 Å². The van der Waals surface area contributed by atoms with Gasteiger partial charge in [0.1, 0.15) is 5.82 Å². The van der Waals surface area contributed by atoms with Crippen molar-refractivity contribution in [1.29, 1.82) is 0 Å². The van der Waals surface area contributed by atoms with E-state index in [2.05, 4.69) is 15.3 Å². The highest BCUT2D eigenvalue weighted by Crippen LogP contribution is 2.09. The normalized spacial score (nSPS) is 10.2. The summed E-state index contributed by atoms with van der Waals surface area (Å²) < 4.78 is 1.74. The van der Waals surface area contributed by atoms with E-state index in [4.69, 9.17) is 5.73 Å². The summed E-state index contributed by atoms with van der Waals surface area (Å²) in [7, 11) is 3.89. The molecule has 2 N–H and O–H groups in total. The van der Waals surface area contributed by atoms with Crippen molar-refractivity contribution >= 4 is 23.9 Å². The van der Waals surface area contributed by atoms with Gasteiger partial charge in [-0.15, -0.1) is 27.7 Å². The Balaban J connectivity index is 0.00000128. The second-order valence-electron chi connectivity index (χ2n) is 3.51. The van der Waals surface area contributed by atoms with Crippen LogP contribution in [0.1, 0.15) is 5.82 Å². The van der Waals surface area contributed by atoms with Crippen LogP contribution in [0.25, 0.3) is 5.65 Å². The lowest BCUT2D eigenvalue weighted by Crippen LogP contribution is -2.14. The fraction of sp³-hybridized carbons (Fsp3) is 0.444. The zero-order chi connectivity index (χ0) is 10.8. The Morgan fingerprint density at radius 1 is 1.31 bits per heavy atom. The van der Waals surface area contributed by atoms with Gasteiger partial charge in [-0.05, 0) is 18.7 Å². The van der Waals surface area contributed by atoms with Crippen LogP contribution < -0.4 is 10.6 Å². The Hall–Kier alpha value is -1.40. The largest absolute Gasteiger partial charge is 0.361 e. The molecule has 0 bridgehead atoms. The molecule has 0 spiro atoms. The van der Waals surface area contributed by atoms with Crippen molar-refractivity contribution < 1.29 is 0 Å². The topological polar surface area (TPSA) is 72.3 Å². The van der Waals surface area contributed by atoms with Crippen LogP contribution in [0.4, 0.5) is 5.82 Å². The van der Waals surface area contributed by atoms with Crippen molar-refractivity contribution in [2.45, 2.75) is 6.42 Å². The van der Waals surface area contributed by atoms with E-state index in [9.17, 15) is 0 Å². The molecule has 0 fully saturated rings. The summed E-state index contributed by atoms with van der Waals surface area (Å²) in [5.74, 6) is 1.68. The number of anilines is 1. The number of hydrogen-bond acceptors (Lipinski definition) is 5. The number of rotatable bonds is 3. The summed E-state index contributed by atoms with van der Waals surface area (Å²) in [5.41, 5.74) is 6.24. The van der Waals surface area contributed by atoms with Crippen LogP contribution in [-0.4, -0.2) is 40.5 Å². The van der Waals surface area contributed by atoms with E-state index in [1.807, 2.05) is 31.1 Å². The molecule has 6 nitrogen and oxygen atoms in total. The molecule has 0 aromatic carbocycles. The van der Waals surface area contributed by atoms with Crippen molar-refractivity contribution in [1.82, 2.24) is 19.8 Å². The molecule has 0 unspecified atom stereocenters. The predicted octanol–water partition coefficient (Wildman–Crippen LogP) is 0.113. The second kappa shape index (κ2) is 5.09. The predicted molar refractivity (Wildman–Crippen MR) is 65.1 cm³/mol. The fourth-order valence-corrected chi connectivity index (χ4v) is 1.35. The van der Waals surface area contributed by atoms with E-state index < -0.39 is 0 Å². The Bertz CT molecular complexity index is 466. The summed E-state index contributed by atoms with van der Waals surface area (Å²) in [4.78, 5) is 1.94. The molecule has 2 aromatic heterocycles. The maximum absolute atomic E-state index is 5.49. The smallest absolute Gasteiger partial charge is 0.178 e. The SMILES string of the molecule is CN(C)c1ccc2nnc(CCN)n2n1.Cl. The minimum absolute atomic E-state index is 0. The maximum Gasteiger partial charge on any atom is 0.178 e. The van der Waals surface area contributed by atoms with Crippen LogP contribution >= 0.6 is 12.4 Å². The van der Waals surface area contributed by atoms with E-state index in [1.165, 1.54) is 0 Å². The Kier molecular flexibility index (Phi) is 4.03. The first-order valence-electron chi connectivity index (χ1n) is 4.81. The molecule has 0 aliphatic carbocycles. The van der Waals surface area contributed by atoms with Gasteiger partial charge in [0, 0.05) is 20.5 Å². The lowest BCUT2D eigenvalue weighted by Gasteiger charge is -2.10. The van der Waals surface area contributed by atoms with Crippen molar-refractivity contribution in [3.8, 4) is 0 Å². The highest BCUT2D eigenvalue weighted by Gasteiger charge is 2.07. The summed E-state index contributed by atoms with van der Waals surface area (Å²) in [5, 5.41) is 12.5. The second-order valence-corrected chi connectivity index (χ2v) is 3.51. The molecule has 0 aliphatic heterocycles. The quantitative estimate of drug-likeness (QED) is 0.827. The summed E-state index contributed by atoms with van der Waals surface area (Å²) in [6.07, 6.45) is 0.686. The summed E-state index contributed by atoms with van der Waals surface area (Å²) in [6.45, 7) is 0.550. The maximum atomic E-state index is 5.49. The molecule has 2 rings (SSSR count). The van der Waals surface area contributed by atoms with Crippen molar-refractivity contribution in [3.05, 3.63) is 18.0 Å². The molecule has 7 heteroatoms. The number of nitrogens with two attached hydrogens (primary N) is 1. The Morgan fingerprint density at radius 3 is 2.69 bits per heavy atom. The zero-order valence-corrected chi connectivity index (χ0v) is 10.1. The third kappa shape index (κ3) is 2.23. The van der Waals surface area contributed by atoms with E-state index in [1.54, 1.807) is 4.52 Å². The molecule has 88 valence electrons. The third-order valence-electron chi connectivity index (χ3n) is 2.14. The van der Waals surface area contributed by atoms with E-state index in [-0.39, 0.29) is 12.4 Å². The monoisotopic (exact) mass is 242 g/mol. The van der Waals surface area contributed by atoms with Gasteiger partial charge in [-0.2, -0.15) is 4.52 Å². The van der Waals surface area contributed by atoms with Crippen LogP contribution in [0.3, 0.4) is 0 Å². The molecular formula is C9H15ClN6. The number of nitrogens with zero attached hydrogens (tertiary/aromatic N) is 5. The molecule has 0 aliphatic rings. The molecule has 2 heterocycles. The first kappa shape index (κ1) is 12.7. The molecule has 0 radical (unpaired) electrons. The minimum Gasteiger partial charge on any atom is -0.361 e. The van der Waals surface area contributed by atoms with Gasteiger partial charge in [0.2, 0.25) is 0 Å². The lowest BCUT2D eigenvalue weighted by molar-refractivity contribution is 0.785. The van der Waals surface area contributed by atoms with Gasteiger partial charge < -0.3 is 10.6 Å². The molecule has 0 amide bonds. The highest BCUT2D eigenvalue weighted by atomic mass is 35.5. The molecule has 2 aromatic rings. The van der Waals surface area contributed by atoms with Crippen LogP contribution in [0.5, 0.6) is 0 Å². The van der Waals surface area contributed by atoms with E-state index >= 15 is 0 Å². The zero-order valence-electron chi connectivity index (χ0n) is 9.29. The van der Waals surface area contributed by atoms with Crippen LogP contribution in [0.15, 0.2) is 12.1 Å². The van der Waals surface area contributed by atoms with Crippen LogP contribution in [0, 0.1) is 0 Å². The highest BCUT2D eigenvalue weighted by molar-refractivity contribution is 5.85. The summed E-state index contributed by atoms with van der Waals surface area (Å²) in [6, 6.07) is 3.81. The third-order valence-corrected chi connectivity index (χ3v) is 2.14. The lowest BCUT2D eigenvalue weighted by atomic mass is 10.4. The van der Waals surface area contributed by atoms with E-state index in [0.29, 0.717) is 13.0 Å². The number of hydrogen-bond donors (Lipinski definition) is 1. The van der Waals surface area contributed by atoms with E-state index in [0.717, 1.165) is 17.3 Å². The Morgan fingerprint density at radius 2 is 2.06 bits per heavy atom. The molecule has 0 atom stereocenters. The standard InChI is InChI=1S/C9H14N6.ClH/c1-14(2)9-4-3-7-11-12-8(5-6-10)15(7)13-9;/h3-4H,5-6,10H2,1-2H3;1H. The van der Waals surface area contributed by atoms with Gasteiger partial charge in [0.05, 0.1) is 0 Å². The first-order valence-corrected chi connectivity index (χ1v) is 4.81. The first-order chi connectivity index (χ1) is 7.22. The molecule has 0 saturated carbocycles. The van der Waals surface area contributed by atoms with Crippen LogP contribution in [-0.2, 0) is 6.42 Å². The average molecular weight is 243 g/mol. The van der Waals surface area contributed by atoms with Crippen molar-refractivity contribution in [3.63, 3.8) is 0 Å². The number of halogens is 1. The minimum atomic E-state index is 0. The molecule has 0 saturated heterocycles. The molecular weight excluding hydrogens is 228 g/mol. The van der Waals surface area contributed by atoms with Crippen molar-refractivity contribution in [2.75, 3.05) is 25.5 Å². The van der Waals surface area contributed by atoms with Crippen LogP contribution in [0.2, 0.25) is 0 Å². The Labute approximate surface area is 99.9 Å². The average Bonchev–Trinajstić information content (AvgIpc) is 2.61.